The third kappa shape index (κ3) is 4.62. The molecule has 1 atom stereocenters. The van der Waals surface area contributed by atoms with E-state index in [2.05, 4.69) is 15.5 Å². The summed E-state index contributed by atoms with van der Waals surface area (Å²) >= 11 is 2.84. The molecule has 0 radical (unpaired) electrons. The molecule has 1 N–H and O–H groups in total. The largest absolute Gasteiger partial charge is 0.497 e. The van der Waals surface area contributed by atoms with Gasteiger partial charge in [-0.15, -0.1) is 10.2 Å². The minimum Gasteiger partial charge on any atom is -0.497 e. The van der Waals surface area contributed by atoms with E-state index in [0.29, 0.717) is 5.13 Å². The molecule has 0 unspecified atom stereocenters. The van der Waals surface area contributed by atoms with E-state index in [4.69, 9.17) is 4.74 Å². The molecule has 0 aliphatic carbocycles. The van der Waals surface area contributed by atoms with Crippen LogP contribution in [-0.4, -0.2) is 28.3 Å². The van der Waals surface area contributed by atoms with E-state index < -0.39 is 0 Å². The van der Waals surface area contributed by atoms with Crippen LogP contribution in [0.2, 0.25) is 0 Å². The number of methoxy groups -OCH3 is 1. The summed E-state index contributed by atoms with van der Waals surface area (Å²) in [5.41, 5.74) is 2.73. The maximum atomic E-state index is 12.5. The monoisotopic (exact) mass is 385 g/mol. The molecule has 0 amide bonds. The van der Waals surface area contributed by atoms with Gasteiger partial charge in [0.25, 0.3) is 0 Å². The fourth-order valence-corrected chi connectivity index (χ4v) is 4.28. The summed E-state index contributed by atoms with van der Waals surface area (Å²) in [6.07, 6.45) is 0. The molecule has 1 heterocycles. The lowest BCUT2D eigenvalue weighted by atomic mass is 10.1. The smallest absolute Gasteiger partial charge is 0.210 e. The second kappa shape index (κ2) is 8.33. The summed E-state index contributed by atoms with van der Waals surface area (Å²) < 4.78 is 5.96. The molecule has 0 aliphatic rings. The summed E-state index contributed by atoms with van der Waals surface area (Å²) in [4.78, 5) is 12.5. The van der Waals surface area contributed by atoms with Crippen LogP contribution < -0.4 is 10.1 Å². The predicted molar refractivity (Wildman–Crippen MR) is 107 cm³/mol. The normalized spacial score (nSPS) is 11.8. The SMILES string of the molecule is COc1cccc(Nc2nnc(S[C@@H](C)C(=O)c3ccc(C)cc3)s2)c1. The minimum absolute atomic E-state index is 0.0903. The van der Waals surface area contributed by atoms with Gasteiger partial charge in [-0.2, -0.15) is 0 Å². The van der Waals surface area contributed by atoms with Crippen LogP contribution in [0.1, 0.15) is 22.8 Å². The average molecular weight is 386 g/mol. The van der Waals surface area contributed by atoms with E-state index >= 15 is 0 Å². The molecule has 3 aromatic rings. The Balaban J connectivity index is 1.64. The molecule has 134 valence electrons. The van der Waals surface area contributed by atoms with Gasteiger partial charge in [0.1, 0.15) is 5.75 Å². The van der Waals surface area contributed by atoms with Crippen LogP contribution in [0.4, 0.5) is 10.8 Å². The van der Waals surface area contributed by atoms with Crippen molar-refractivity contribution in [3.05, 3.63) is 59.7 Å². The first-order valence-electron chi connectivity index (χ1n) is 8.07. The topological polar surface area (TPSA) is 64.1 Å². The Morgan fingerprint density at radius 1 is 1.19 bits per heavy atom. The van der Waals surface area contributed by atoms with Crippen molar-refractivity contribution in [3.63, 3.8) is 0 Å². The minimum atomic E-state index is -0.227. The van der Waals surface area contributed by atoms with E-state index in [9.17, 15) is 4.79 Å². The third-order valence-corrected chi connectivity index (χ3v) is 5.73. The van der Waals surface area contributed by atoms with Gasteiger partial charge >= 0.3 is 0 Å². The van der Waals surface area contributed by atoms with Gasteiger partial charge in [0, 0.05) is 17.3 Å². The Bertz CT molecular complexity index is 894. The number of hydrogen-bond donors (Lipinski definition) is 1. The highest BCUT2D eigenvalue weighted by atomic mass is 32.2. The molecule has 2 aromatic carbocycles. The van der Waals surface area contributed by atoms with Gasteiger partial charge in [-0.25, -0.2) is 0 Å². The van der Waals surface area contributed by atoms with E-state index in [1.165, 1.54) is 23.1 Å². The van der Waals surface area contributed by atoms with Gasteiger partial charge in [-0.3, -0.25) is 4.79 Å². The number of thioether (sulfide) groups is 1. The molecular weight excluding hydrogens is 366 g/mol. The summed E-state index contributed by atoms with van der Waals surface area (Å²) in [6.45, 7) is 3.90. The van der Waals surface area contributed by atoms with Crippen molar-refractivity contribution < 1.29 is 9.53 Å². The van der Waals surface area contributed by atoms with Crippen LogP contribution in [0, 0.1) is 6.92 Å². The lowest BCUT2D eigenvalue weighted by Crippen LogP contribution is -2.13. The lowest BCUT2D eigenvalue weighted by molar-refractivity contribution is 0.0994. The molecule has 0 spiro atoms. The summed E-state index contributed by atoms with van der Waals surface area (Å²) in [5.74, 6) is 0.860. The maximum absolute atomic E-state index is 12.5. The number of nitrogens with zero attached hydrogens (tertiary/aromatic N) is 2. The van der Waals surface area contributed by atoms with E-state index in [1.54, 1.807) is 7.11 Å². The number of anilines is 2. The Hall–Kier alpha value is -2.38. The number of Topliss-reactive ketones (excluding diaryl/α,β-unsaturated/α-hetero) is 1. The van der Waals surface area contributed by atoms with Crippen LogP contribution in [0.15, 0.2) is 52.9 Å². The number of aryl methyl sites for hydroxylation is 1. The number of hydrogen-bond acceptors (Lipinski definition) is 7. The zero-order valence-electron chi connectivity index (χ0n) is 14.7. The number of rotatable bonds is 7. The maximum Gasteiger partial charge on any atom is 0.210 e. The zero-order chi connectivity index (χ0) is 18.5. The fourth-order valence-electron chi connectivity index (χ4n) is 2.29. The van der Waals surface area contributed by atoms with Crippen LogP contribution in [0.3, 0.4) is 0 Å². The zero-order valence-corrected chi connectivity index (χ0v) is 16.4. The van der Waals surface area contributed by atoms with Crippen molar-refractivity contribution in [2.45, 2.75) is 23.4 Å². The first-order valence-corrected chi connectivity index (χ1v) is 9.77. The van der Waals surface area contributed by atoms with Crippen LogP contribution in [0.25, 0.3) is 0 Å². The van der Waals surface area contributed by atoms with Crippen LogP contribution in [0.5, 0.6) is 5.75 Å². The number of nitrogens with one attached hydrogen (secondary N) is 1. The van der Waals surface area contributed by atoms with E-state index in [0.717, 1.165) is 26.9 Å². The molecule has 7 heteroatoms. The highest BCUT2D eigenvalue weighted by Gasteiger charge is 2.18. The van der Waals surface area contributed by atoms with Crippen molar-refractivity contribution in [1.82, 2.24) is 10.2 Å². The Labute approximate surface area is 160 Å². The highest BCUT2D eigenvalue weighted by Crippen LogP contribution is 2.32. The molecule has 26 heavy (non-hydrogen) atoms. The summed E-state index contributed by atoms with van der Waals surface area (Å²) in [5, 5.41) is 12.0. The fraction of sp³-hybridized carbons (Fsp3) is 0.211. The van der Waals surface area contributed by atoms with Crippen molar-refractivity contribution in [2.75, 3.05) is 12.4 Å². The second-order valence-corrected chi connectivity index (χ2v) is 8.29. The van der Waals surface area contributed by atoms with E-state index in [-0.39, 0.29) is 11.0 Å². The van der Waals surface area contributed by atoms with Crippen LogP contribution in [-0.2, 0) is 0 Å². The first kappa shape index (κ1) is 18.4. The molecule has 5 nitrogen and oxygen atoms in total. The van der Waals surface area contributed by atoms with Gasteiger partial charge in [0.2, 0.25) is 5.13 Å². The van der Waals surface area contributed by atoms with Gasteiger partial charge in [0.05, 0.1) is 12.4 Å². The van der Waals surface area contributed by atoms with Gasteiger partial charge in [-0.1, -0.05) is 59.0 Å². The average Bonchev–Trinajstić information content (AvgIpc) is 3.08. The molecule has 1 aromatic heterocycles. The molecule has 0 saturated heterocycles. The Morgan fingerprint density at radius 3 is 2.69 bits per heavy atom. The Kier molecular flexibility index (Phi) is 5.90. The number of aromatic nitrogens is 2. The van der Waals surface area contributed by atoms with Gasteiger partial charge < -0.3 is 10.1 Å². The number of carbonyl (C=O) groups excluding carboxylic acids is 1. The van der Waals surface area contributed by atoms with Crippen molar-refractivity contribution in [2.24, 2.45) is 0 Å². The highest BCUT2D eigenvalue weighted by molar-refractivity contribution is 8.02. The van der Waals surface area contributed by atoms with Crippen molar-refractivity contribution in [1.29, 1.82) is 0 Å². The van der Waals surface area contributed by atoms with Crippen molar-refractivity contribution in [3.8, 4) is 5.75 Å². The molecule has 0 aliphatic heterocycles. The quantitative estimate of drug-likeness (QED) is 0.458. The number of ether oxygens (including phenoxy) is 1. The molecule has 3 rings (SSSR count). The molecule has 0 saturated carbocycles. The van der Waals surface area contributed by atoms with Gasteiger partial charge in [0.15, 0.2) is 10.1 Å². The van der Waals surface area contributed by atoms with Crippen molar-refractivity contribution >= 4 is 39.7 Å². The van der Waals surface area contributed by atoms with E-state index in [1.807, 2.05) is 62.4 Å². The molecular formula is C19H19N3O2S2. The number of ketones is 1. The summed E-state index contributed by atoms with van der Waals surface area (Å²) in [6, 6.07) is 15.2. The molecule has 0 bridgehead atoms. The molecule has 0 fully saturated rings. The second-order valence-electron chi connectivity index (χ2n) is 5.72. The predicted octanol–water partition coefficient (Wildman–Crippen LogP) is 4.96. The first-order chi connectivity index (χ1) is 12.5. The summed E-state index contributed by atoms with van der Waals surface area (Å²) in [7, 11) is 1.63. The lowest BCUT2D eigenvalue weighted by Gasteiger charge is -2.08. The third-order valence-electron chi connectivity index (χ3n) is 3.71. The van der Waals surface area contributed by atoms with Crippen LogP contribution >= 0.6 is 23.1 Å². The van der Waals surface area contributed by atoms with Gasteiger partial charge in [-0.05, 0) is 26.0 Å². The standard InChI is InChI=1S/C19H19N3O2S2/c1-12-7-9-14(10-8-12)17(23)13(2)25-19-22-21-18(26-19)20-15-5-4-6-16(11-15)24-3/h4-11,13H,1-3H3,(H,20,21)/t13-/m0/s1. The number of benzene rings is 2. The Morgan fingerprint density at radius 2 is 1.96 bits per heavy atom. The number of carbonyl (C=O) groups is 1.